The van der Waals surface area contributed by atoms with Gasteiger partial charge in [-0.05, 0) is 0 Å². The molecular weight excluding hydrogens is 186 g/mol. The fourth-order valence-electron chi connectivity index (χ4n) is 0.820. The highest BCUT2D eigenvalue weighted by molar-refractivity contribution is 5.75. The van der Waals surface area contributed by atoms with Crippen molar-refractivity contribution in [3.63, 3.8) is 0 Å². The summed E-state index contributed by atoms with van der Waals surface area (Å²) in [5.74, 6) is -0.256. The first kappa shape index (κ1) is 10.1. The van der Waals surface area contributed by atoms with E-state index in [1.54, 1.807) is 6.07 Å². The van der Waals surface area contributed by atoms with Crippen LogP contribution in [0.3, 0.4) is 0 Å². The number of hydrogen-bond donors (Lipinski definition) is 2. The van der Waals surface area contributed by atoms with E-state index in [2.05, 4.69) is 15.4 Å². The van der Waals surface area contributed by atoms with Crippen molar-refractivity contribution in [2.45, 2.75) is 6.54 Å². The lowest BCUT2D eigenvalue weighted by atomic mass is 10.5. The minimum atomic E-state index is -0.284. The number of carbonyl (C=O) groups is 1. The molecule has 1 heterocycles. The summed E-state index contributed by atoms with van der Waals surface area (Å²) in [5.41, 5.74) is 0. The summed E-state index contributed by atoms with van der Waals surface area (Å²) in [4.78, 5) is 14.7. The number of nitrogens with one attached hydrogen (secondary N) is 1. The predicted molar refractivity (Wildman–Crippen MR) is 44.8 cm³/mol. The van der Waals surface area contributed by atoms with Crippen molar-refractivity contribution in [1.82, 2.24) is 20.1 Å². The molecular formula is C7H9N5O2. The molecule has 0 aliphatic carbocycles. The van der Waals surface area contributed by atoms with Crippen LogP contribution in [0.5, 0.6) is 0 Å². The quantitative estimate of drug-likeness (QED) is 0.593. The van der Waals surface area contributed by atoms with Crippen LogP contribution in [0, 0.1) is 11.3 Å². The zero-order chi connectivity index (χ0) is 10.4. The highest BCUT2D eigenvalue weighted by atomic mass is 16.3. The molecule has 0 saturated carbocycles. The number of carbonyl (C=O) groups excluding carboxylic acids is 1. The highest BCUT2D eigenvalue weighted by Crippen LogP contribution is 1.86. The molecule has 0 radical (unpaired) electrons. The van der Waals surface area contributed by atoms with Gasteiger partial charge >= 0.3 is 0 Å². The Morgan fingerprint density at radius 2 is 2.57 bits per heavy atom. The van der Waals surface area contributed by atoms with Gasteiger partial charge in [-0.15, -0.1) is 5.10 Å². The molecule has 1 aromatic heterocycles. The lowest BCUT2D eigenvalue weighted by Crippen LogP contribution is -2.30. The van der Waals surface area contributed by atoms with Crippen LogP contribution in [0.4, 0.5) is 0 Å². The third-order valence-corrected chi connectivity index (χ3v) is 1.38. The van der Waals surface area contributed by atoms with E-state index in [9.17, 15) is 4.79 Å². The molecule has 0 aliphatic rings. The van der Waals surface area contributed by atoms with Gasteiger partial charge in [-0.25, -0.2) is 9.67 Å². The van der Waals surface area contributed by atoms with Crippen molar-refractivity contribution in [3.05, 3.63) is 12.2 Å². The second kappa shape index (κ2) is 4.94. The molecule has 0 bridgehead atoms. The Labute approximate surface area is 80.0 Å². The van der Waals surface area contributed by atoms with Crippen LogP contribution in [0.15, 0.2) is 6.33 Å². The molecule has 14 heavy (non-hydrogen) atoms. The predicted octanol–water partition coefficient (Wildman–Crippen LogP) is -1.74. The first-order valence-corrected chi connectivity index (χ1v) is 3.93. The summed E-state index contributed by atoms with van der Waals surface area (Å²) >= 11 is 0. The van der Waals surface area contributed by atoms with Gasteiger partial charge in [0.1, 0.15) is 18.9 Å². The number of amides is 1. The molecule has 0 saturated heterocycles. The zero-order valence-corrected chi connectivity index (χ0v) is 7.34. The van der Waals surface area contributed by atoms with E-state index in [-0.39, 0.29) is 31.4 Å². The average molecular weight is 195 g/mol. The third-order valence-electron chi connectivity index (χ3n) is 1.38. The smallest absolute Gasteiger partial charge is 0.252 e. The Morgan fingerprint density at radius 1 is 1.79 bits per heavy atom. The third kappa shape index (κ3) is 2.84. The minimum absolute atomic E-state index is 0.00528. The summed E-state index contributed by atoms with van der Waals surface area (Å²) in [5, 5.41) is 23.0. The standard InChI is InChI=1S/C7H9N5O2/c8-3-6-10-5-12(11-6)4-7(14)9-1-2-13/h5,13H,1-2,4H2,(H,9,14). The number of aliphatic hydroxyl groups is 1. The number of aromatic nitrogens is 3. The van der Waals surface area contributed by atoms with Crippen molar-refractivity contribution >= 4 is 5.91 Å². The molecule has 0 aliphatic heterocycles. The lowest BCUT2D eigenvalue weighted by molar-refractivity contribution is -0.122. The molecule has 0 fully saturated rings. The molecule has 0 unspecified atom stereocenters. The van der Waals surface area contributed by atoms with Gasteiger partial charge in [-0.2, -0.15) is 5.26 Å². The van der Waals surface area contributed by atoms with Crippen LogP contribution >= 0.6 is 0 Å². The van der Waals surface area contributed by atoms with E-state index in [1.165, 1.54) is 11.0 Å². The minimum Gasteiger partial charge on any atom is -0.395 e. The van der Waals surface area contributed by atoms with Crippen molar-refractivity contribution in [2.75, 3.05) is 13.2 Å². The molecule has 74 valence electrons. The second-order valence-electron chi connectivity index (χ2n) is 2.45. The van der Waals surface area contributed by atoms with Crippen LogP contribution in [-0.4, -0.2) is 38.9 Å². The Balaban J connectivity index is 2.44. The second-order valence-corrected chi connectivity index (χ2v) is 2.45. The van der Waals surface area contributed by atoms with Gasteiger partial charge in [0.25, 0.3) is 5.82 Å². The van der Waals surface area contributed by atoms with E-state index >= 15 is 0 Å². The first-order chi connectivity index (χ1) is 6.76. The summed E-state index contributed by atoms with van der Waals surface area (Å²) in [7, 11) is 0. The topological polar surface area (TPSA) is 104 Å². The van der Waals surface area contributed by atoms with E-state index < -0.39 is 0 Å². The van der Waals surface area contributed by atoms with Crippen LogP contribution in [-0.2, 0) is 11.3 Å². The SMILES string of the molecule is N#Cc1ncn(CC(=O)NCCO)n1. The molecule has 0 aromatic carbocycles. The number of hydrogen-bond acceptors (Lipinski definition) is 5. The van der Waals surface area contributed by atoms with Crippen LogP contribution in [0.2, 0.25) is 0 Å². The molecule has 1 aromatic rings. The Hall–Kier alpha value is -1.94. The summed E-state index contributed by atoms with van der Waals surface area (Å²) in [6, 6.07) is 1.75. The van der Waals surface area contributed by atoms with E-state index in [1.807, 2.05) is 0 Å². The fraction of sp³-hybridized carbons (Fsp3) is 0.429. The summed E-state index contributed by atoms with van der Waals surface area (Å²) in [6.07, 6.45) is 1.30. The average Bonchev–Trinajstić information content (AvgIpc) is 2.62. The van der Waals surface area contributed by atoms with Crippen LogP contribution in [0.25, 0.3) is 0 Å². The van der Waals surface area contributed by atoms with Crippen molar-refractivity contribution in [1.29, 1.82) is 5.26 Å². The number of rotatable bonds is 4. The summed E-state index contributed by atoms with van der Waals surface area (Å²) in [6.45, 7) is 0.0971. The Kier molecular flexibility index (Phi) is 3.58. The first-order valence-electron chi connectivity index (χ1n) is 3.93. The van der Waals surface area contributed by atoms with Crippen molar-refractivity contribution in [3.8, 4) is 6.07 Å². The van der Waals surface area contributed by atoms with Gasteiger partial charge in [0, 0.05) is 6.54 Å². The zero-order valence-electron chi connectivity index (χ0n) is 7.34. The maximum atomic E-state index is 11.1. The van der Waals surface area contributed by atoms with Crippen molar-refractivity contribution in [2.24, 2.45) is 0 Å². The van der Waals surface area contributed by atoms with Crippen molar-refractivity contribution < 1.29 is 9.90 Å². The molecule has 7 heteroatoms. The molecule has 1 rings (SSSR count). The summed E-state index contributed by atoms with van der Waals surface area (Å²) < 4.78 is 1.26. The molecule has 7 nitrogen and oxygen atoms in total. The van der Waals surface area contributed by atoms with Gasteiger partial charge < -0.3 is 10.4 Å². The Morgan fingerprint density at radius 3 is 3.14 bits per heavy atom. The van der Waals surface area contributed by atoms with Crippen LogP contribution in [0.1, 0.15) is 5.82 Å². The van der Waals surface area contributed by atoms with E-state index in [0.717, 1.165) is 0 Å². The molecule has 1 amide bonds. The monoisotopic (exact) mass is 195 g/mol. The lowest BCUT2D eigenvalue weighted by Gasteiger charge is -2.01. The van der Waals surface area contributed by atoms with Gasteiger partial charge in [-0.1, -0.05) is 0 Å². The molecule has 0 atom stereocenters. The highest BCUT2D eigenvalue weighted by Gasteiger charge is 2.04. The largest absolute Gasteiger partial charge is 0.395 e. The fourth-order valence-corrected chi connectivity index (χ4v) is 0.820. The molecule has 2 N–H and O–H groups in total. The van der Waals surface area contributed by atoms with Gasteiger partial charge in [0.2, 0.25) is 5.91 Å². The Bertz CT molecular complexity index is 353. The van der Waals surface area contributed by atoms with Gasteiger partial charge in [0.05, 0.1) is 6.61 Å². The maximum absolute atomic E-state index is 11.1. The van der Waals surface area contributed by atoms with Gasteiger partial charge in [-0.3, -0.25) is 4.79 Å². The number of nitrogens with zero attached hydrogens (tertiary/aromatic N) is 4. The number of aliphatic hydroxyl groups excluding tert-OH is 1. The normalized spacial score (nSPS) is 9.43. The maximum Gasteiger partial charge on any atom is 0.252 e. The molecule has 0 spiro atoms. The van der Waals surface area contributed by atoms with Crippen LogP contribution < -0.4 is 5.32 Å². The van der Waals surface area contributed by atoms with Gasteiger partial charge in [0.15, 0.2) is 0 Å². The van der Waals surface area contributed by atoms with E-state index in [0.29, 0.717) is 0 Å². The number of nitriles is 1. The van der Waals surface area contributed by atoms with E-state index in [4.69, 9.17) is 10.4 Å².